The van der Waals surface area contributed by atoms with Gasteiger partial charge in [0, 0.05) is 10.6 Å². The smallest absolute Gasteiger partial charge is 0.274 e. The first-order chi connectivity index (χ1) is 10.7. The lowest BCUT2D eigenvalue weighted by atomic mass is 10.1. The summed E-state index contributed by atoms with van der Waals surface area (Å²) < 4.78 is 1.06. The zero-order chi connectivity index (χ0) is 15.1. The molecule has 0 unspecified atom stereocenters. The van der Waals surface area contributed by atoms with Gasteiger partial charge in [-0.2, -0.15) is 0 Å². The van der Waals surface area contributed by atoms with Crippen LogP contribution in [0.25, 0.3) is 32.0 Å². The topological polar surface area (TPSA) is 61.5 Å². The van der Waals surface area contributed by atoms with Crippen molar-refractivity contribution >= 4 is 33.2 Å². The molecule has 2 aromatic carbocycles. The van der Waals surface area contributed by atoms with E-state index in [4.69, 9.17) is 11.6 Å². The number of H-pyrrole nitrogens is 2. The molecule has 22 heavy (non-hydrogen) atoms. The van der Waals surface area contributed by atoms with Crippen molar-refractivity contribution in [3.05, 3.63) is 63.9 Å². The number of hydrogen-bond acceptors (Lipinski definition) is 3. The van der Waals surface area contributed by atoms with E-state index in [0.29, 0.717) is 15.6 Å². The number of benzene rings is 2. The Balaban J connectivity index is 1.93. The number of rotatable bonds is 2. The first-order valence-corrected chi connectivity index (χ1v) is 7.84. The van der Waals surface area contributed by atoms with Crippen molar-refractivity contribution in [2.24, 2.45) is 0 Å². The molecule has 0 fully saturated rings. The lowest BCUT2D eigenvalue weighted by Gasteiger charge is -2.00. The SMILES string of the molecule is O=c1[nH][nH]c(-c2ccc(Cl)cc2)c1-c1nc2ccccc2s1. The summed E-state index contributed by atoms with van der Waals surface area (Å²) in [5, 5.41) is 6.94. The fraction of sp³-hybridized carbons (Fsp3) is 0. The van der Waals surface area contributed by atoms with Crippen LogP contribution in [0.15, 0.2) is 53.3 Å². The number of thiazole rings is 1. The standard InChI is InChI=1S/C16H10ClN3OS/c17-10-7-5-9(6-8-10)14-13(15(21)20-19-14)16-18-11-3-1-2-4-12(11)22-16/h1-8H,(H2,19,20,21). The van der Waals surface area contributed by atoms with E-state index in [1.165, 1.54) is 11.3 Å². The molecule has 0 radical (unpaired) electrons. The Morgan fingerprint density at radius 1 is 1.00 bits per heavy atom. The number of fused-ring (bicyclic) bond motifs is 1. The molecule has 0 saturated carbocycles. The predicted molar refractivity (Wildman–Crippen MR) is 90.5 cm³/mol. The van der Waals surface area contributed by atoms with Gasteiger partial charge in [-0.25, -0.2) is 4.98 Å². The molecule has 0 saturated heterocycles. The second-order valence-corrected chi connectivity index (χ2v) is 6.29. The van der Waals surface area contributed by atoms with E-state index in [9.17, 15) is 4.79 Å². The Kier molecular flexibility index (Phi) is 3.10. The Hall–Kier alpha value is -2.37. The van der Waals surface area contributed by atoms with Crippen LogP contribution in [-0.4, -0.2) is 15.2 Å². The first kappa shape index (κ1) is 13.3. The highest BCUT2D eigenvalue weighted by Gasteiger charge is 2.17. The molecule has 0 aliphatic carbocycles. The van der Waals surface area contributed by atoms with Gasteiger partial charge >= 0.3 is 0 Å². The number of para-hydroxylation sites is 1. The minimum Gasteiger partial charge on any atom is -0.297 e. The van der Waals surface area contributed by atoms with E-state index in [1.807, 2.05) is 36.4 Å². The van der Waals surface area contributed by atoms with Gasteiger partial charge in [0.1, 0.15) is 10.6 Å². The van der Waals surface area contributed by atoms with Crippen molar-refractivity contribution in [2.45, 2.75) is 0 Å². The first-order valence-electron chi connectivity index (χ1n) is 6.65. The third kappa shape index (κ3) is 2.15. The molecule has 0 bridgehead atoms. The third-order valence-electron chi connectivity index (χ3n) is 3.42. The molecule has 6 heteroatoms. The molecule has 2 heterocycles. The summed E-state index contributed by atoms with van der Waals surface area (Å²) in [7, 11) is 0. The summed E-state index contributed by atoms with van der Waals surface area (Å²) in [6.45, 7) is 0. The summed E-state index contributed by atoms with van der Waals surface area (Å²) in [5.41, 5.74) is 2.88. The molecule has 0 aliphatic heterocycles. The maximum Gasteiger partial charge on any atom is 0.274 e. The number of aromatic amines is 2. The normalized spacial score (nSPS) is 11.1. The lowest BCUT2D eigenvalue weighted by Crippen LogP contribution is -2.01. The summed E-state index contributed by atoms with van der Waals surface area (Å²) in [4.78, 5) is 16.8. The van der Waals surface area contributed by atoms with Gasteiger partial charge in [-0.05, 0) is 24.3 Å². The van der Waals surface area contributed by atoms with E-state index < -0.39 is 0 Å². The van der Waals surface area contributed by atoms with Crippen LogP contribution in [-0.2, 0) is 0 Å². The minimum absolute atomic E-state index is 0.177. The van der Waals surface area contributed by atoms with Gasteiger partial charge in [0.15, 0.2) is 0 Å². The molecule has 2 N–H and O–H groups in total. The Labute approximate surface area is 134 Å². The van der Waals surface area contributed by atoms with Crippen LogP contribution in [0.5, 0.6) is 0 Å². The average Bonchev–Trinajstić information content (AvgIpc) is 3.11. The molecule has 0 spiro atoms. The van der Waals surface area contributed by atoms with Crippen LogP contribution in [0.2, 0.25) is 5.02 Å². The number of halogens is 1. The quantitative estimate of drug-likeness (QED) is 0.576. The van der Waals surface area contributed by atoms with Gasteiger partial charge in [-0.1, -0.05) is 35.9 Å². The molecule has 4 aromatic rings. The minimum atomic E-state index is -0.177. The van der Waals surface area contributed by atoms with Crippen LogP contribution < -0.4 is 5.56 Å². The second kappa shape index (κ2) is 5.12. The largest absolute Gasteiger partial charge is 0.297 e. The fourth-order valence-corrected chi connectivity index (χ4v) is 3.51. The molecule has 0 aliphatic rings. The van der Waals surface area contributed by atoms with E-state index in [0.717, 1.165) is 21.5 Å². The molecular weight excluding hydrogens is 318 g/mol. The molecule has 2 aromatic heterocycles. The van der Waals surface area contributed by atoms with E-state index >= 15 is 0 Å². The number of nitrogens with zero attached hydrogens (tertiary/aromatic N) is 1. The maximum atomic E-state index is 12.2. The maximum absolute atomic E-state index is 12.2. The highest BCUT2D eigenvalue weighted by Crippen LogP contribution is 2.33. The van der Waals surface area contributed by atoms with Gasteiger partial charge in [-0.3, -0.25) is 15.0 Å². The van der Waals surface area contributed by atoms with Gasteiger partial charge in [0.2, 0.25) is 0 Å². The lowest BCUT2D eigenvalue weighted by molar-refractivity contribution is 1.06. The zero-order valence-electron chi connectivity index (χ0n) is 11.3. The van der Waals surface area contributed by atoms with Crippen LogP contribution in [0.4, 0.5) is 0 Å². The Morgan fingerprint density at radius 3 is 2.55 bits per heavy atom. The molecular formula is C16H10ClN3OS. The molecule has 4 rings (SSSR count). The molecule has 0 atom stereocenters. The average molecular weight is 328 g/mol. The van der Waals surface area contributed by atoms with Gasteiger partial charge < -0.3 is 0 Å². The van der Waals surface area contributed by atoms with Crippen molar-refractivity contribution in [3.8, 4) is 21.8 Å². The molecule has 4 nitrogen and oxygen atoms in total. The monoisotopic (exact) mass is 327 g/mol. The number of nitrogens with one attached hydrogen (secondary N) is 2. The highest BCUT2D eigenvalue weighted by molar-refractivity contribution is 7.21. The van der Waals surface area contributed by atoms with Crippen molar-refractivity contribution in [3.63, 3.8) is 0 Å². The Bertz CT molecular complexity index is 981. The molecule has 108 valence electrons. The van der Waals surface area contributed by atoms with Crippen LogP contribution in [0.3, 0.4) is 0 Å². The summed E-state index contributed by atoms with van der Waals surface area (Å²) in [6, 6.07) is 15.2. The van der Waals surface area contributed by atoms with Crippen molar-refractivity contribution in [1.29, 1.82) is 0 Å². The predicted octanol–water partition coefficient (Wildman–Crippen LogP) is 4.30. The van der Waals surface area contributed by atoms with Gasteiger partial charge in [0.25, 0.3) is 5.56 Å². The Morgan fingerprint density at radius 2 is 1.77 bits per heavy atom. The second-order valence-electron chi connectivity index (χ2n) is 4.82. The van der Waals surface area contributed by atoms with Crippen molar-refractivity contribution in [2.75, 3.05) is 0 Å². The van der Waals surface area contributed by atoms with E-state index in [-0.39, 0.29) is 5.56 Å². The van der Waals surface area contributed by atoms with Crippen LogP contribution in [0.1, 0.15) is 0 Å². The number of hydrogen-bond donors (Lipinski definition) is 2. The third-order valence-corrected chi connectivity index (χ3v) is 4.72. The summed E-state index contributed by atoms with van der Waals surface area (Å²) in [6.07, 6.45) is 0. The van der Waals surface area contributed by atoms with Crippen LogP contribution >= 0.6 is 22.9 Å². The fourth-order valence-electron chi connectivity index (χ4n) is 2.37. The highest BCUT2D eigenvalue weighted by atomic mass is 35.5. The number of aromatic nitrogens is 3. The van der Waals surface area contributed by atoms with Crippen molar-refractivity contribution in [1.82, 2.24) is 15.2 Å². The summed E-state index contributed by atoms with van der Waals surface area (Å²) >= 11 is 7.43. The molecule has 0 amide bonds. The van der Waals surface area contributed by atoms with Crippen molar-refractivity contribution < 1.29 is 0 Å². The van der Waals surface area contributed by atoms with Crippen LogP contribution in [0, 0.1) is 0 Å². The van der Waals surface area contributed by atoms with Gasteiger partial charge in [-0.15, -0.1) is 11.3 Å². The summed E-state index contributed by atoms with van der Waals surface area (Å²) in [5.74, 6) is 0. The van der Waals surface area contributed by atoms with E-state index in [1.54, 1.807) is 12.1 Å². The van der Waals surface area contributed by atoms with Gasteiger partial charge in [0.05, 0.1) is 15.9 Å². The van der Waals surface area contributed by atoms with E-state index in [2.05, 4.69) is 15.2 Å². The zero-order valence-corrected chi connectivity index (χ0v) is 12.8.